The fourth-order valence-corrected chi connectivity index (χ4v) is 3.99. The van der Waals surface area contributed by atoms with Crippen LogP contribution in [0.5, 0.6) is 0 Å². The van der Waals surface area contributed by atoms with Crippen molar-refractivity contribution in [2.75, 3.05) is 5.88 Å². The molecule has 0 saturated heterocycles. The molecule has 2 nitrogen and oxygen atoms in total. The Bertz CT molecular complexity index is 776. The number of fused-ring (bicyclic) bond motifs is 1. The molecule has 0 fully saturated rings. The van der Waals surface area contributed by atoms with Crippen molar-refractivity contribution in [1.29, 1.82) is 0 Å². The van der Waals surface area contributed by atoms with E-state index in [1.165, 1.54) is 9.75 Å². The highest BCUT2D eigenvalue weighted by Gasteiger charge is 2.19. The van der Waals surface area contributed by atoms with Crippen LogP contribution in [0.25, 0.3) is 11.0 Å². The number of hydrogen-bond acceptors (Lipinski definition) is 2. The molecule has 1 atom stereocenters. The Kier molecular flexibility index (Phi) is 4.25. The molecule has 1 unspecified atom stereocenters. The van der Waals surface area contributed by atoms with Gasteiger partial charge in [-0.25, -0.2) is 4.98 Å². The summed E-state index contributed by atoms with van der Waals surface area (Å²) >= 11 is 14.2. The Hall–Kier alpha value is -1.03. The lowest BCUT2D eigenvalue weighted by atomic mass is 10.2. The summed E-state index contributed by atoms with van der Waals surface area (Å²) in [5.74, 6) is 1.54. The molecule has 0 amide bonds. The van der Waals surface area contributed by atoms with Crippen LogP contribution in [0.15, 0.2) is 30.3 Å². The number of imidazole rings is 1. The molecule has 0 aliphatic heterocycles. The summed E-state index contributed by atoms with van der Waals surface area (Å²) in [6, 6.07) is 10.4. The van der Waals surface area contributed by atoms with E-state index >= 15 is 0 Å². The van der Waals surface area contributed by atoms with Crippen molar-refractivity contribution in [3.05, 3.63) is 50.9 Å². The van der Waals surface area contributed by atoms with Crippen LogP contribution in [0.1, 0.15) is 28.5 Å². The zero-order valence-corrected chi connectivity index (χ0v) is 14.3. The Morgan fingerprint density at radius 3 is 2.76 bits per heavy atom. The molecule has 3 rings (SSSR count). The average Bonchev–Trinajstić information content (AvgIpc) is 3.03. The SMILES string of the molecule is Cc1ccc(C(C)n2c(CCCl)nc3cccc(Cl)c32)s1. The average molecular weight is 339 g/mol. The Labute approximate surface area is 138 Å². The molecule has 0 saturated carbocycles. The predicted octanol–water partition coefficient (Wildman–Crippen LogP) is 5.45. The monoisotopic (exact) mass is 338 g/mol. The number of hydrogen-bond donors (Lipinski definition) is 0. The quantitative estimate of drug-likeness (QED) is 0.578. The zero-order valence-electron chi connectivity index (χ0n) is 11.9. The Balaban J connectivity index is 2.21. The number of nitrogens with zero attached hydrogens (tertiary/aromatic N) is 2. The first-order chi connectivity index (χ1) is 10.1. The number of aromatic nitrogens is 2. The third kappa shape index (κ3) is 2.70. The number of alkyl halides is 1. The second-order valence-corrected chi connectivity index (χ2v) is 7.17. The lowest BCUT2D eigenvalue weighted by Crippen LogP contribution is -2.10. The first kappa shape index (κ1) is 14.9. The first-order valence-electron chi connectivity index (χ1n) is 6.89. The number of rotatable bonds is 4. The minimum Gasteiger partial charge on any atom is -0.319 e. The van der Waals surface area contributed by atoms with E-state index in [0.29, 0.717) is 5.88 Å². The molecule has 0 radical (unpaired) electrons. The minimum atomic E-state index is 0.201. The molecule has 0 N–H and O–H groups in total. The van der Waals surface area contributed by atoms with Crippen LogP contribution in [0.4, 0.5) is 0 Å². The van der Waals surface area contributed by atoms with Crippen molar-refractivity contribution in [3.8, 4) is 0 Å². The Morgan fingerprint density at radius 1 is 1.29 bits per heavy atom. The van der Waals surface area contributed by atoms with Crippen LogP contribution in [0, 0.1) is 6.92 Å². The van der Waals surface area contributed by atoms with Gasteiger partial charge in [-0.15, -0.1) is 22.9 Å². The molecule has 0 spiro atoms. The highest BCUT2D eigenvalue weighted by atomic mass is 35.5. The molecule has 2 aromatic heterocycles. The van der Waals surface area contributed by atoms with Gasteiger partial charge in [0.15, 0.2) is 0 Å². The number of aryl methyl sites for hydroxylation is 2. The second-order valence-electron chi connectivity index (χ2n) is 5.07. The number of halogens is 2. The van der Waals surface area contributed by atoms with Gasteiger partial charge in [-0.2, -0.15) is 0 Å². The van der Waals surface area contributed by atoms with Gasteiger partial charge in [0.1, 0.15) is 5.82 Å². The standard InChI is InChI=1S/C16H16Cl2N2S/c1-10-6-7-14(21-10)11(2)20-15(8-9-17)19-13-5-3-4-12(18)16(13)20/h3-7,11H,8-9H2,1-2H3. The van der Waals surface area contributed by atoms with Gasteiger partial charge in [0.25, 0.3) is 0 Å². The van der Waals surface area contributed by atoms with Crippen LogP contribution < -0.4 is 0 Å². The summed E-state index contributed by atoms with van der Waals surface area (Å²) in [6.45, 7) is 4.31. The van der Waals surface area contributed by atoms with Crippen LogP contribution in [-0.2, 0) is 6.42 Å². The van der Waals surface area contributed by atoms with Crippen molar-refractivity contribution in [2.45, 2.75) is 26.3 Å². The van der Waals surface area contributed by atoms with E-state index in [4.69, 9.17) is 28.2 Å². The molecule has 0 aliphatic rings. The molecule has 1 aromatic carbocycles. The molecule has 110 valence electrons. The van der Waals surface area contributed by atoms with Crippen molar-refractivity contribution in [1.82, 2.24) is 9.55 Å². The van der Waals surface area contributed by atoms with Crippen LogP contribution in [0.3, 0.4) is 0 Å². The van der Waals surface area contributed by atoms with Crippen LogP contribution >= 0.6 is 34.5 Å². The molecule has 0 aliphatic carbocycles. The zero-order chi connectivity index (χ0) is 15.0. The fourth-order valence-electron chi connectivity index (χ4n) is 2.64. The van der Waals surface area contributed by atoms with Gasteiger partial charge in [-0.1, -0.05) is 17.7 Å². The molecular formula is C16H16Cl2N2S. The highest BCUT2D eigenvalue weighted by Crippen LogP contribution is 2.33. The molecule has 0 bridgehead atoms. The van der Waals surface area contributed by atoms with Crippen molar-refractivity contribution >= 4 is 45.6 Å². The lowest BCUT2D eigenvalue weighted by Gasteiger charge is -2.16. The van der Waals surface area contributed by atoms with E-state index in [0.717, 1.165) is 28.3 Å². The molecule has 5 heteroatoms. The predicted molar refractivity (Wildman–Crippen MR) is 92.0 cm³/mol. The summed E-state index contributed by atoms with van der Waals surface area (Å²) in [6.07, 6.45) is 0.737. The van der Waals surface area contributed by atoms with Gasteiger partial charge >= 0.3 is 0 Å². The lowest BCUT2D eigenvalue weighted by molar-refractivity contribution is 0.633. The highest BCUT2D eigenvalue weighted by molar-refractivity contribution is 7.12. The molecule has 2 heterocycles. The number of benzene rings is 1. The van der Waals surface area contributed by atoms with Gasteiger partial charge in [0.05, 0.1) is 22.1 Å². The summed E-state index contributed by atoms with van der Waals surface area (Å²) < 4.78 is 2.23. The van der Waals surface area contributed by atoms with Crippen molar-refractivity contribution < 1.29 is 0 Å². The summed E-state index contributed by atoms with van der Waals surface area (Å²) in [5, 5.41) is 0.737. The van der Waals surface area contributed by atoms with E-state index < -0.39 is 0 Å². The maximum atomic E-state index is 6.42. The minimum absolute atomic E-state index is 0.201. The van der Waals surface area contributed by atoms with E-state index in [2.05, 4.69) is 30.5 Å². The number of thiophene rings is 1. The van der Waals surface area contributed by atoms with E-state index in [1.807, 2.05) is 29.5 Å². The largest absolute Gasteiger partial charge is 0.319 e. The maximum Gasteiger partial charge on any atom is 0.111 e. The molecule has 21 heavy (non-hydrogen) atoms. The summed E-state index contributed by atoms with van der Waals surface area (Å²) in [5.41, 5.74) is 1.93. The maximum absolute atomic E-state index is 6.42. The van der Waals surface area contributed by atoms with Gasteiger partial charge in [0.2, 0.25) is 0 Å². The van der Waals surface area contributed by atoms with Gasteiger partial charge in [-0.3, -0.25) is 0 Å². The van der Waals surface area contributed by atoms with Crippen LogP contribution in [0.2, 0.25) is 5.02 Å². The third-order valence-corrected chi connectivity index (χ3v) is 5.28. The van der Waals surface area contributed by atoms with Gasteiger partial charge in [-0.05, 0) is 38.1 Å². The summed E-state index contributed by atoms with van der Waals surface area (Å²) in [7, 11) is 0. The number of para-hydroxylation sites is 1. The van der Waals surface area contributed by atoms with E-state index in [9.17, 15) is 0 Å². The van der Waals surface area contributed by atoms with Crippen molar-refractivity contribution in [3.63, 3.8) is 0 Å². The van der Waals surface area contributed by atoms with Crippen molar-refractivity contribution in [2.24, 2.45) is 0 Å². The van der Waals surface area contributed by atoms with E-state index in [-0.39, 0.29) is 6.04 Å². The molecular weight excluding hydrogens is 323 g/mol. The fraction of sp³-hybridized carbons (Fsp3) is 0.312. The first-order valence-corrected chi connectivity index (χ1v) is 8.62. The smallest absolute Gasteiger partial charge is 0.111 e. The topological polar surface area (TPSA) is 17.8 Å². The van der Waals surface area contributed by atoms with Gasteiger partial charge < -0.3 is 4.57 Å². The second kappa shape index (κ2) is 5.99. The van der Waals surface area contributed by atoms with Gasteiger partial charge in [0, 0.05) is 22.1 Å². The van der Waals surface area contributed by atoms with Crippen LogP contribution in [-0.4, -0.2) is 15.4 Å². The normalized spacial score (nSPS) is 13.0. The summed E-state index contributed by atoms with van der Waals surface area (Å²) in [4.78, 5) is 7.33. The molecule has 3 aromatic rings. The third-order valence-electron chi connectivity index (χ3n) is 3.61. The Morgan fingerprint density at radius 2 is 2.10 bits per heavy atom. The van der Waals surface area contributed by atoms with E-state index in [1.54, 1.807) is 0 Å².